The molecule has 4 aromatic rings. The summed E-state index contributed by atoms with van der Waals surface area (Å²) in [6, 6.07) is 22.8. The Morgan fingerprint density at radius 1 is 0.972 bits per heavy atom. The molecule has 0 spiro atoms. The van der Waals surface area contributed by atoms with Gasteiger partial charge in [-0.2, -0.15) is 0 Å². The van der Waals surface area contributed by atoms with Gasteiger partial charge in [-0.15, -0.1) is 0 Å². The summed E-state index contributed by atoms with van der Waals surface area (Å²) >= 11 is 12.6. The van der Waals surface area contributed by atoms with Gasteiger partial charge in [-0.25, -0.2) is 4.98 Å². The Kier molecular flexibility index (Phi) is 9.14. The van der Waals surface area contributed by atoms with Crippen LogP contribution >= 0.6 is 23.2 Å². The Bertz CT molecular complexity index is 1260. The molecule has 8 heteroatoms. The number of carbonyl (C=O) groups is 1. The van der Waals surface area contributed by atoms with E-state index in [9.17, 15) is 9.90 Å². The number of aliphatic hydroxyl groups is 1. The number of carbonyl (C=O) groups excluding carboxylic acids is 1. The van der Waals surface area contributed by atoms with Crippen molar-refractivity contribution in [3.05, 3.63) is 118 Å². The van der Waals surface area contributed by atoms with Crippen molar-refractivity contribution < 1.29 is 9.90 Å². The lowest BCUT2D eigenvalue weighted by Crippen LogP contribution is -2.23. The number of amides is 1. The number of nitrogens with zero attached hydrogens (tertiary/aromatic N) is 2. The summed E-state index contributed by atoms with van der Waals surface area (Å²) in [5.41, 5.74) is 3.56. The predicted octanol–water partition coefficient (Wildman–Crippen LogP) is 5.29. The molecule has 0 aliphatic heterocycles. The number of hydrogen-bond acceptors (Lipinski definition) is 4. The van der Waals surface area contributed by atoms with Gasteiger partial charge in [0.15, 0.2) is 0 Å². The topological polar surface area (TPSA) is 79.2 Å². The number of rotatable bonds is 11. The summed E-state index contributed by atoms with van der Waals surface area (Å²) in [4.78, 5) is 17.0. The van der Waals surface area contributed by atoms with Gasteiger partial charge < -0.3 is 20.3 Å². The van der Waals surface area contributed by atoms with Crippen molar-refractivity contribution in [1.82, 2.24) is 14.9 Å². The van der Waals surface area contributed by atoms with E-state index in [0.717, 1.165) is 35.3 Å². The molecule has 1 amide bonds. The fraction of sp³-hybridized carbons (Fsp3) is 0.214. The van der Waals surface area contributed by atoms with E-state index in [1.165, 1.54) is 0 Å². The normalized spacial score (nSPS) is 11.9. The van der Waals surface area contributed by atoms with E-state index in [-0.39, 0.29) is 12.3 Å². The zero-order valence-electron chi connectivity index (χ0n) is 19.7. The lowest BCUT2D eigenvalue weighted by atomic mass is 10.1. The molecule has 0 fully saturated rings. The van der Waals surface area contributed by atoms with Crippen molar-refractivity contribution >= 4 is 34.8 Å². The van der Waals surface area contributed by atoms with Crippen LogP contribution in [0.5, 0.6) is 0 Å². The van der Waals surface area contributed by atoms with Crippen molar-refractivity contribution in [3.8, 4) is 0 Å². The molecule has 0 saturated carbocycles. The van der Waals surface area contributed by atoms with Crippen LogP contribution in [0.2, 0.25) is 10.0 Å². The molecule has 36 heavy (non-hydrogen) atoms. The minimum Gasteiger partial charge on any atom is -0.387 e. The standard InChI is InChI=1S/C28H28Cl2N4O2/c29-24-7-4-8-25(30)23(24)19-34-16-15-32-27(34)17-28(36)33-22-11-9-20(10-12-22)13-14-31-18-26(35)21-5-2-1-3-6-21/h1-12,15-16,26,31,35H,13-14,17-19H2,(H,33,36)/t26-/m0/s1. The molecular weight excluding hydrogens is 495 g/mol. The monoisotopic (exact) mass is 522 g/mol. The van der Waals surface area contributed by atoms with Gasteiger partial charge in [-0.1, -0.05) is 71.7 Å². The zero-order chi connectivity index (χ0) is 25.3. The number of halogens is 2. The van der Waals surface area contributed by atoms with E-state index < -0.39 is 6.10 Å². The van der Waals surface area contributed by atoms with Gasteiger partial charge in [0.05, 0.1) is 19.1 Å². The summed E-state index contributed by atoms with van der Waals surface area (Å²) in [6.45, 7) is 1.68. The van der Waals surface area contributed by atoms with Gasteiger partial charge in [-0.05, 0) is 48.4 Å². The van der Waals surface area contributed by atoms with Crippen LogP contribution in [0.4, 0.5) is 5.69 Å². The van der Waals surface area contributed by atoms with Crippen molar-refractivity contribution in [2.24, 2.45) is 0 Å². The molecule has 4 rings (SSSR count). The third-order valence-electron chi connectivity index (χ3n) is 5.86. The fourth-order valence-electron chi connectivity index (χ4n) is 3.87. The predicted molar refractivity (Wildman–Crippen MR) is 145 cm³/mol. The van der Waals surface area contributed by atoms with E-state index in [1.54, 1.807) is 24.4 Å². The zero-order valence-corrected chi connectivity index (χ0v) is 21.2. The highest BCUT2D eigenvalue weighted by Gasteiger charge is 2.13. The van der Waals surface area contributed by atoms with Crippen LogP contribution in [-0.4, -0.2) is 33.7 Å². The van der Waals surface area contributed by atoms with Crippen LogP contribution in [0, 0.1) is 0 Å². The molecule has 1 atom stereocenters. The quantitative estimate of drug-likeness (QED) is 0.234. The minimum atomic E-state index is -0.527. The molecule has 3 N–H and O–H groups in total. The van der Waals surface area contributed by atoms with Crippen LogP contribution < -0.4 is 10.6 Å². The highest BCUT2D eigenvalue weighted by atomic mass is 35.5. The van der Waals surface area contributed by atoms with Gasteiger partial charge in [0.2, 0.25) is 5.91 Å². The van der Waals surface area contributed by atoms with Gasteiger partial charge in [0.25, 0.3) is 0 Å². The van der Waals surface area contributed by atoms with Crippen molar-refractivity contribution in [2.45, 2.75) is 25.5 Å². The molecule has 1 heterocycles. The van der Waals surface area contributed by atoms with Gasteiger partial charge >= 0.3 is 0 Å². The lowest BCUT2D eigenvalue weighted by molar-refractivity contribution is -0.115. The summed E-state index contributed by atoms with van der Waals surface area (Å²) in [5, 5.41) is 17.6. The number of aromatic nitrogens is 2. The number of aliphatic hydroxyl groups excluding tert-OH is 1. The average Bonchev–Trinajstić information content (AvgIpc) is 3.31. The summed E-state index contributed by atoms with van der Waals surface area (Å²) < 4.78 is 1.87. The largest absolute Gasteiger partial charge is 0.387 e. The van der Waals surface area contributed by atoms with E-state index >= 15 is 0 Å². The second-order valence-corrected chi connectivity index (χ2v) is 9.29. The van der Waals surface area contributed by atoms with Crippen LogP contribution in [-0.2, 0) is 24.2 Å². The number of hydrogen-bond donors (Lipinski definition) is 3. The van der Waals surface area contributed by atoms with Crippen LogP contribution in [0.3, 0.4) is 0 Å². The number of imidazole rings is 1. The maximum absolute atomic E-state index is 12.6. The summed E-state index contributed by atoms with van der Waals surface area (Å²) in [7, 11) is 0. The maximum atomic E-state index is 12.6. The number of anilines is 1. The van der Waals surface area contributed by atoms with E-state index in [0.29, 0.717) is 29.0 Å². The Morgan fingerprint density at radius 3 is 2.42 bits per heavy atom. The molecule has 1 aromatic heterocycles. The first-order valence-electron chi connectivity index (χ1n) is 11.7. The lowest BCUT2D eigenvalue weighted by Gasteiger charge is -2.12. The number of benzene rings is 3. The Hall–Kier alpha value is -3.16. The number of nitrogens with one attached hydrogen (secondary N) is 2. The van der Waals surface area contributed by atoms with E-state index in [1.807, 2.05) is 65.4 Å². The second-order valence-electron chi connectivity index (χ2n) is 8.47. The molecule has 0 radical (unpaired) electrons. The molecule has 3 aromatic carbocycles. The van der Waals surface area contributed by atoms with Crippen molar-refractivity contribution in [3.63, 3.8) is 0 Å². The molecule has 186 valence electrons. The summed E-state index contributed by atoms with van der Waals surface area (Å²) in [6.07, 6.45) is 3.89. The molecule has 0 saturated heterocycles. The van der Waals surface area contributed by atoms with Crippen molar-refractivity contribution in [2.75, 3.05) is 18.4 Å². The Labute approximate surface area is 220 Å². The first-order valence-corrected chi connectivity index (χ1v) is 12.5. The first-order chi connectivity index (χ1) is 17.5. The first kappa shape index (κ1) is 25.9. The molecule has 6 nitrogen and oxygen atoms in total. The van der Waals surface area contributed by atoms with Crippen LogP contribution in [0.25, 0.3) is 0 Å². The average molecular weight is 523 g/mol. The van der Waals surface area contributed by atoms with E-state index in [2.05, 4.69) is 15.6 Å². The SMILES string of the molecule is O=C(Cc1nccn1Cc1c(Cl)cccc1Cl)Nc1ccc(CCNC[C@H](O)c2ccccc2)cc1. The Balaban J connectivity index is 1.24. The molecule has 0 unspecified atom stereocenters. The second kappa shape index (κ2) is 12.7. The maximum Gasteiger partial charge on any atom is 0.231 e. The third-order valence-corrected chi connectivity index (χ3v) is 6.57. The minimum absolute atomic E-state index is 0.129. The molecule has 0 bridgehead atoms. The van der Waals surface area contributed by atoms with Gasteiger partial charge in [0, 0.05) is 40.2 Å². The molecule has 0 aliphatic rings. The summed E-state index contributed by atoms with van der Waals surface area (Å²) in [5.74, 6) is 0.473. The van der Waals surface area contributed by atoms with Gasteiger partial charge in [-0.3, -0.25) is 4.79 Å². The molecule has 0 aliphatic carbocycles. The highest BCUT2D eigenvalue weighted by molar-refractivity contribution is 6.35. The third kappa shape index (κ3) is 7.18. The fourth-order valence-corrected chi connectivity index (χ4v) is 4.39. The van der Waals surface area contributed by atoms with Crippen LogP contribution in [0.1, 0.15) is 28.6 Å². The Morgan fingerprint density at radius 2 is 1.69 bits per heavy atom. The van der Waals surface area contributed by atoms with Gasteiger partial charge in [0.1, 0.15) is 5.82 Å². The van der Waals surface area contributed by atoms with Crippen molar-refractivity contribution in [1.29, 1.82) is 0 Å². The smallest absolute Gasteiger partial charge is 0.231 e. The molecular formula is C28H28Cl2N4O2. The highest BCUT2D eigenvalue weighted by Crippen LogP contribution is 2.25. The van der Waals surface area contributed by atoms with Crippen LogP contribution in [0.15, 0.2) is 85.2 Å². The van der Waals surface area contributed by atoms with E-state index in [4.69, 9.17) is 23.2 Å².